The van der Waals surface area contributed by atoms with Gasteiger partial charge in [-0.05, 0) is 45.8 Å². The molecule has 0 atom stereocenters. The summed E-state index contributed by atoms with van der Waals surface area (Å²) in [4.78, 5) is 25.9. The number of piperidine rings is 1. The summed E-state index contributed by atoms with van der Waals surface area (Å²) in [6.07, 6.45) is 1.49. The molecule has 1 aliphatic rings. The number of carbonyl (C=O) groups excluding carboxylic acids is 2. The molecule has 1 saturated heterocycles. The van der Waals surface area contributed by atoms with E-state index < -0.39 is 0 Å². The second kappa shape index (κ2) is 7.75. The number of rotatable bonds is 7. The second-order valence-corrected chi connectivity index (χ2v) is 6.31. The first-order chi connectivity index (χ1) is 10.9. The fraction of sp³-hybridized carbons (Fsp3) is 0.647. The van der Waals surface area contributed by atoms with Gasteiger partial charge >= 0.3 is 0 Å². The zero-order chi connectivity index (χ0) is 17.0. The first-order valence-corrected chi connectivity index (χ1v) is 8.14. The van der Waals surface area contributed by atoms with Crippen LogP contribution in [0.1, 0.15) is 34.6 Å². The molecule has 1 amide bonds. The van der Waals surface area contributed by atoms with Gasteiger partial charge in [0, 0.05) is 36.5 Å². The number of hydrogen-bond acceptors (Lipinski definition) is 4. The van der Waals surface area contributed by atoms with Crippen LogP contribution in [0.2, 0.25) is 0 Å². The Hall–Kier alpha value is -1.66. The van der Waals surface area contributed by atoms with Crippen molar-refractivity contribution in [2.75, 3.05) is 33.4 Å². The molecular weight excluding hydrogens is 294 g/mol. The number of hydrogen-bond donors (Lipinski definition) is 1. The third kappa shape index (κ3) is 4.20. The molecule has 0 radical (unpaired) electrons. The van der Waals surface area contributed by atoms with E-state index in [1.807, 2.05) is 19.9 Å². The van der Waals surface area contributed by atoms with Gasteiger partial charge in [-0.1, -0.05) is 0 Å². The van der Waals surface area contributed by atoms with E-state index in [-0.39, 0.29) is 17.6 Å². The Kier molecular flexibility index (Phi) is 5.96. The van der Waals surface area contributed by atoms with Gasteiger partial charge in [-0.3, -0.25) is 14.5 Å². The molecule has 1 aliphatic heterocycles. The highest BCUT2D eigenvalue weighted by Gasteiger charge is 2.25. The molecule has 1 aromatic heterocycles. The zero-order valence-corrected chi connectivity index (χ0v) is 14.3. The monoisotopic (exact) mass is 321 g/mol. The van der Waals surface area contributed by atoms with Crippen LogP contribution in [0.4, 0.5) is 0 Å². The first kappa shape index (κ1) is 17.7. The molecule has 0 aromatic carbocycles. The molecule has 1 fully saturated rings. The van der Waals surface area contributed by atoms with Crippen LogP contribution in [0.3, 0.4) is 0 Å². The minimum Gasteiger partial charge on any atom is -0.383 e. The van der Waals surface area contributed by atoms with Gasteiger partial charge in [0.05, 0.1) is 13.2 Å². The Balaban J connectivity index is 1.98. The van der Waals surface area contributed by atoms with E-state index in [9.17, 15) is 9.59 Å². The summed E-state index contributed by atoms with van der Waals surface area (Å²) in [6, 6.07) is 1.96. The molecule has 0 aliphatic carbocycles. The van der Waals surface area contributed by atoms with Gasteiger partial charge in [-0.2, -0.15) is 0 Å². The van der Waals surface area contributed by atoms with Crippen molar-refractivity contribution < 1.29 is 14.3 Å². The van der Waals surface area contributed by atoms with Crippen LogP contribution in [-0.2, 0) is 16.1 Å². The molecule has 1 aromatic rings. The number of nitrogens with zero attached hydrogens (tertiary/aromatic N) is 2. The summed E-state index contributed by atoms with van der Waals surface area (Å²) in [5.74, 6) is -0.127. The maximum Gasteiger partial charge on any atom is 0.220 e. The van der Waals surface area contributed by atoms with E-state index in [0.29, 0.717) is 13.2 Å². The molecule has 0 unspecified atom stereocenters. The highest BCUT2D eigenvalue weighted by atomic mass is 16.5. The van der Waals surface area contributed by atoms with E-state index >= 15 is 0 Å². The Morgan fingerprint density at radius 3 is 2.52 bits per heavy atom. The number of ketones is 1. The Bertz CT molecular complexity index is 572. The van der Waals surface area contributed by atoms with Crippen LogP contribution >= 0.6 is 0 Å². The average molecular weight is 321 g/mol. The number of aromatic nitrogens is 1. The summed E-state index contributed by atoms with van der Waals surface area (Å²) in [6.45, 7) is 7.28. The SMILES string of the molecule is COCCn1c(C)cc(C(=O)CN2CCC(C(N)=O)CC2)c1C. The number of aryl methyl sites for hydroxylation is 1. The topological polar surface area (TPSA) is 77.6 Å². The summed E-state index contributed by atoms with van der Waals surface area (Å²) in [7, 11) is 1.68. The lowest BCUT2D eigenvalue weighted by Gasteiger charge is -2.29. The van der Waals surface area contributed by atoms with Crippen molar-refractivity contribution in [3.05, 3.63) is 23.0 Å². The van der Waals surface area contributed by atoms with Crippen molar-refractivity contribution in [3.8, 4) is 0 Å². The lowest BCUT2D eigenvalue weighted by molar-refractivity contribution is -0.123. The summed E-state index contributed by atoms with van der Waals surface area (Å²) >= 11 is 0. The van der Waals surface area contributed by atoms with E-state index in [4.69, 9.17) is 10.5 Å². The molecule has 128 valence electrons. The van der Waals surface area contributed by atoms with E-state index in [1.54, 1.807) is 7.11 Å². The lowest BCUT2D eigenvalue weighted by atomic mass is 9.96. The van der Waals surface area contributed by atoms with Gasteiger partial charge in [0.15, 0.2) is 5.78 Å². The largest absolute Gasteiger partial charge is 0.383 e. The number of carbonyl (C=O) groups is 2. The van der Waals surface area contributed by atoms with Gasteiger partial charge in [-0.15, -0.1) is 0 Å². The van der Waals surface area contributed by atoms with Gasteiger partial charge in [0.25, 0.3) is 0 Å². The van der Waals surface area contributed by atoms with Crippen molar-refractivity contribution in [3.63, 3.8) is 0 Å². The van der Waals surface area contributed by atoms with Gasteiger partial charge in [0.1, 0.15) is 0 Å². The third-order valence-corrected chi connectivity index (χ3v) is 4.75. The van der Waals surface area contributed by atoms with Crippen LogP contribution in [0.15, 0.2) is 6.07 Å². The van der Waals surface area contributed by atoms with Crippen molar-refractivity contribution in [1.29, 1.82) is 0 Å². The normalized spacial score (nSPS) is 16.7. The molecular formula is C17H27N3O3. The number of Topliss-reactive ketones (excluding diaryl/α,β-unsaturated/α-hetero) is 1. The van der Waals surface area contributed by atoms with Crippen LogP contribution in [0.25, 0.3) is 0 Å². The van der Waals surface area contributed by atoms with Crippen LogP contribution in [-0.4, -0.2) is 54.5 Å². The number of primary amides is 1. The second-order valence-electron chi connectivity index (χ2n) is 6.31. The fourth-order valence-electron chi connectivity index (χ4n) is 3.27. The maximum atomic E-state index is 12.6. The molecule has 2 rings (SSSR count). The minimum absolute atomic E-state index is 0.0412. The van der Waals surface area contributed by atoms with Gasteiger partial charge < -0.3 is 15.0 Å². The molecule has 0 spiro atoms. The number of amides is 1. The standard InChI is InChI=1S/C17H27N3O3/c1-12-10-15(13(2)20(12)8-9-23-3)16(21)11-19-6-4-14(5-7-19)17(18)22/h10,14H,4-9,11H2,1-3H3,(H2,18,22). The molecule has 2 N–H and O–H groups in total. The molecule has 2 heterocycles. The lowest BCUT2D eigenvalue weighted by Crippen LogP contribution is -2.40. The Morgan fingerprint density at radius 2 is 1.96 bits per heavy atom. The summed E-state index contributed by atoms with van der Waals surface area (Å²) in [5.41, 5.74) is 8.21. The van der Waals surface area contributed by atoms with E-state index in [0.717, 1.165) is 49.4 Å². The molecule has 6 heteroatoms. The smallest absolute Gasteiger partial charge is 0.220 e. The predicted molar refractivity (Wildman–Crippen MR) is 88.5 cm³/mol. The zero-order valence-electron chi connectivity index (χ0n) is 14.3. The first-order valence-electron chi connectivity index (χ1n) is 8.14. The number of methoxy groups -OCH3 is 1. The highest BCUT2D eigenvalue weighted by Crippen LogP contribution is 2.19. The third-order valence-electron chi connectivity index (χ3n) is 4.75. The number of nitrogens with two attached hydrogens (primary N) is 1. The van der Waals surface area contributed by atoms with Crippen molar-refractivity contribution in [1.82, 2.24) is 9.47 Å². The van der Waals surface area contributed by atoms with Crippen LogP contribution in [0.5, 0.6) is 0 Å². The molecule has 0 bridgehead atoms. The molecule has 0 saturated carbocycles. The van der Waals surface area contributed by atoms with Crippen molar-refractivity contribution in [2.45, 2.75) is 33.2 Å². The van der Waals surface area contributed by atoms with Crippen LogP contribution in [0, 0.1) is 19.8 Å². The minimum atomic E-state index is -0.224. The maximum absolute atomic E-state index is 12.6. The summed E-state index contributed by atoms with van der Waals surface area (Å²) in [5, 5.41) is 0. The number of ether oxygens (including phenoxy) is 1. The van der Waals surface area contributed by atoms with Crippen LogP contribution < -0.4 is 5.73 Å². The van der Waals surface area contributed by atoms with Gasteiger partial charge in [-0.25, -0.2) is 0 Å². The van der Waals surface area contributed by atoms with Gasteiger partial charge in [0.2, 0.25) is 5.91 Å². The quantitative estimate of drug-likeness (QED) is 0.764. The van der Waals surface area contributed by atoms with E-state index in [1.165, 1.54) is 0 Å². The Morgan fingerprint density at radius 1 is 1.30 bits per heavy atom. The predicted octanol–water partition coefficient (Wildman–Crippen LogP) is 1.13. The highest BCUT2D eigenvalue weighted by molar-refractivity contribution is 5.99. The van der Waals surface area contributed by atoms with Crippen molar-refractivity contribution >= 4 is 11.7 Å². The van der Waals surface area contributed by atoms with Crippen molar-refractivity contribution in [2.24, 2.45) is 11.7 Å². The summed E-state index contributed by atoms with van der Waals surface area (Å²) < 4.78 is 7.25. The molecule has 23 heavy (non-hydrogen) atoms. The fourth-order valence-corrected chi connectivity index (χ4v) is 3.27. The molecule has 6 nitrogen and oxygen atoms in total. The number of likely N-dealkylation sites (tertiary alicyclic amines) is 1. The average Bonchev–Trinajstić information content (AvgIpc) is 2.80. The Labute approximate surface area is 137 Å². The van der Waals surface area contributed by atoms with E-state index in [2.05, 4.69) is 9.47 Å².